The molecular formula is C14H19ClN2O. The van der Waals surface area contributed by atoms with Crippen LogP contribution in [0.15, 0.2) is 18.2 Å². The van der Waals surface area contributed by atoms with Crippen molar-refractivity contribution in [3.63, 3.8) is 0 Å². The van der Waals surface area contributed by atoms with E-state index in [1.165, 1.54) is 0 Å². The molecule has 0 aromatic heterocycles. The second kappa shape index (κ2) is 4.90. The second-order valence-corrected chi connectivity index (χ2v) is 5.91. The molecule has 1 aromatic carbocycles. The van der Waals surface area contributed by atoms with Gasteiger partial charge >= 0.3 is 0 Å². The van der Waals surface area contributed by atoms with Crippen molar-refractivity contribution in [2.45, 2.75) is 19.4 Å². The summed E-state index contributed by atoms with van der Waals surface area (Å²) in [6.07, 6.45) is 0.900. The molecule has 3 nitrogen and oxygen atoms in total. The number of carbonyl (C=O) groups excluding carboxylic acids is 1. The van der Waals surface area contributed by atoms with Crippen LogP contribution in [0.25, 0.3) is 0 Å². The molecule has 0 N–H and O–H groups in total. The van der Waals surface area contributed by atoms with Gasteiger partial charge in [-0.3, -0.25) is 9.69 Å². The summed E-state index contributed by atoms with van der Waals surface area (Å²) in [5.74, 6) is 0. The number of likely N-dealkylation sites (N-methyl/N-ethyl adjacent to an activating group) is 1. The van der Waals surface area contributed by atoms with Crippen LogP contribution in [0.5, 0.6) is 0 Å². The Hall–Kier alpha value is -1.06. The molecule has 0 unspecified atom stereocenters. The fourth-order valence-electron chi connectivity index (χ4n) is 2.34. The van der Waals surface area contributed by atoms with E-state index in [1.54, 1.807) is 12.1 Å². The van der Waals surface area contributed by atoms with Gasteiger partial charge in [0.15, 0.2) is 6.29 Å². The van der Waals surface area contributed by atoms with Crippen molar-refractivity contribution >= 4 is 23.6 Å². The van der Waals surface area contributed by atoms with E-state index in [2.05, 4.69) is 30.7 Å². The van der Waals surface area contributed by atoms with Crippen molar-refractivity contribution in [3.05, 3.63) is 28.8 Å². The third-order valence-electron chi connectivity index (χ3n) is 3.78. The standard InChI is InChI=1S/C14H19ClN2O/c1-14(2)10-17(7-6-16(14)3)13-8-12(15)5-4-11(13)9-18/h4-5,8-9H,6-7,10H2,1-3H3. The van der Waals surface area contributed by atoms with E-state index in [9.17, 15) is 4.79 Å². The van der Waals surface area contributed by atoms with Crippen LogP contribution in [-0.4, -0.2) is 43.4 Å². The largest absolute Gasteiger partial charge is 0.368 e. The molecule has 1 aliphatic heterocycles. The number of anilines is 1. The smallest absolute Gasteiger partial charge is 0.152 e. The van der Waals surface area contributed by atoms with Crippen LogP contribution in [0.2, 0.25) is 5.02 Å². The van der Waals surface area contributed by atoms with Crippen molar-refractivity contribution in [2.24, 2.45) is 0 Å². The minimum atomic E-state index is 0.0979. The molecule has 0 saturated carbocycles. The lowest BCUT2D eigenvalue weighted by Gasteiger charge is -2.46. The maximum absolute atomic E-state index is 11.1. The van der Waals surface area contributed by atoms with Crippen molar-refractivity contribution in [2.75, 3.05) is 31.6 Å². The summed E-state index contributed by atoms with van der Waals surface area (Å²) in [5, 5.41) is 0.673. The van der Waals surface area contributed by atoms with Crippen LogP contribution in [0.4, 0.5) is 5.69 Å². The van der Waals surface area contributed by atoms with Gasteiger partial charge in [0, 0.05) is 41.4 Å². The van der Waals surface area contributed by atoms with Crippen LogP contribution < -0.4 is 4.90 Å². The summed E-state index contributed by atoms with van der Waals surface area (Å²) in [7, 11) is 2.13. The normalized spacial score (nSPS) is 19.9. The van der Waals surface area contributed by atoms with E-state index in [1.807, 2.05) is 6.07 Å². The van der Waals surface area contributed by atoms with Gasteiger partial charge in [-0.05, 0) is 39.1 Å². The number of aldehydes is 1. The van der Waals surface area contributed by atoms with Gasteiger partial charge in [0.05, 0.1) is 0 Å². The van der Waals surface area contributed by atoms with E-state index in [0.29, 0.717) is 10.6 Å². The monoisotopic (exact) mass is 266 g/mol. The molecule has 1 aliphatic rings. The van der Waals surface area contributed by atoms with E-state index >= 15 is 0 Å². The van der Waals surface area contributed by atoms with Gasteiger partial charge < -0.3 is 4.90 Å². The molecule has 4 heteroatoms. The van der Waals surface area contributed by atoms with Crippen molar-refractivity contribution < 1.29 is 4.79 Å². The molecule has 0 atom stereocenters. The molecule has 1 aromatic rings. The predicted octanol–water partition coefficient (Wildman–Crippen LogP) is 2.68. The fraction of sp³-hybridized carbons (Fsp3) is 0.500. The molecule has 0 bridgehead atoms. The lowest BCUT2D eigenvalue weighted by molar-refractivity contribution is 0.112. The summed E-state index contributed by atoms with van der Waals surface area (Å²) < 4.78 is 0. The maximum atomic E-state index is 11.1. The Balaban J connectivity index is 2.32. The third kappa shape index (κ3) is 2.52. The highest BCUT2D eigenvalue weighted by Crippen LogP contribution is 2.28. The first-order chi connectivity index (χ1) is 8.44. The number of halogens is 1. The van der Waals surface area contributed by atoms with Crippen molar-refractivity contribution in [3.8, 4) is 0 Å². The molecule has 0 amide bonds. The summed E-state index contributed by atoms with van der Waals surface area (Å²) >= 11 is 6.04. The molecule has 0 spiro atoms. The highest BCUT2D eigenvalue weighted by atomic mass is 35.5. The van der Waals surface area contributed by atoms with Gasteiger partial charge in [0.25, 0.3) is 0 Å². The maximum Gasteiger partial charge on any atom is 0.152 e. The first-order valence-electron chi connectivity index (χ1n) is 6.15. The molecule has 18 heavy (non-hydrogen) atoms. The number of carbonyl (C=O) groups is 1. The van der Waals surface area contributed by atoms with Crippen LogP contribution in [0, 0.1) is 0 Å². The van der Waals surface area contributed by atoms with Gasteiger partial charge in [0.1, 0.15) is 0 Å². The Morgan fingerprint density at radius 1 is 1.33 bits per heavy atom. The summed E-state index contributed by atoms with van der Waals surface area (Å²) in [5.41, 5.74) is 1.75. The van der Waals surface area contributed by atoms with Crippen LogP contribution >= 0.6 is 11.6 Å². The average molecular weight is 267 g/mol. The van der Waals surface area contributed by atoms with Crippen LogP contribution in [0.3, 0.4) is 0 Å². The minimum Gasteiger partial charge on any atom is -0.368 e. The Morgan fingerprint density at radius 2 is 2.06 bits per heavy atom. The Kier molecular flexibility index (Phi) is 3.64. The Labute approximate surface area is 113 Å². The van der Waals surface area contributed by atoms with E-state index < -0.39 is 0 Å². The average Bonchev–Trinajstić information content (AvgIpc) is 2.32. The number of rotatable bonds is 2. The molecule has 0 radical (unpaired) electrons. The third-order valence-corrected chi connectivity index (χ3v) is 4.01. The first-order valence-corrected chi connectivity index (χ1v) is 6.53. The summed E-state index contributed by atoms with van der Waals surface area (Å²) in [4.78, 5) is 15.7. The molecular weight excluding hydrogens is 248 g/mol. The van der Waals surface area contributed by atoms with E-state index in [-0.39, 0.29) is 5.54 Å². The topological polar surface area (TPSA) is 23.6 Å². The van der Waals surface area contributed by atoms with Gasteiger partial charge in [0.2, 0.25) is 0 Å². The van der Waals surface area contributed by atoms with Gasteiger partial charge in [-0.2, -0.15) is 0 Å². The molecule has 98 valence electrons. The van der Waals surface area contributed by atoms with Gasteiger partial charge in [-0.25, -0.2) is 0 Å². The number of nitrogens with zero attached hydrogens (tertiary/aromatic N) is 2. The molecule has 1 fully saturated rings. The highest BCUT2D eigenvalue weighted by molar-refractivity contribution is 6.31. The predicted molar refractivity (Wildman–Crippen MR) is 75.8 cm³/mol. The highest BCUT2D eigenvalue weighted by Gasteiger charge is 2.31. The van der Waals surface area contributed by atoms with Gasteiger partial charge in [-0.1, -0.05) is 11.6 Å². The summed E-state index contributed by atoms with van der Waals surface area (Å²) in [6, 6.07) is 5.43. The quantitative estimate of drug-likeness (QED) is 0.769. The van der Waals surface area contributed by atoms with E-state index in [0.717, 1.165) is 31.6 Å². The SMILES string of the molecule is CN1CCN(c2cc(Cl)ccc2C=O)CC1(C)C. The second-order valence-electron chi connectivity index (χ2n) is 5.48. The molecule has 0 aliphatic carbocycles. The zero-order chi connectivity index (χ0) is 13.3. The number of hydrogen-bond acceptors (Lipinski definition) is 3. The lowest BCUT2D eigenvalue weighted by atomic mass is 9.98. The Morgan fingerprint density at radius 3 is 2.67 bits per heavy atom. The Bertz CT molecular complexity index is 459. The van der Waals surface area contributed by atoms with Crippen molar-refractivity contribution in [1.29, 1.82) is 0 Å². The number of benzene rings is 1. The minimum absolute atomic E-state index is 0.0979. The number of hydrogen-bond donors (Lipinski definition) is 0. The van der Waals surface area contributed by atoms with Crippen molar-refractivity contribution in [1.82, 2.24) is 4.90 Å². The molecule has 1 heterocycles. The van der Waals surface area contributed by atoms with E-state index in [4.69, 9.17) is 11.6 Å². The van der Waals surface area contributed by atoms with Crippen LogP contribution in [0.1, 0.15) is 24.2 Å². The van der Waals surface area contributed by atoms with Gasteiger partial charge in [-0.15, -0.1) is 0 Å². The fourth-order valence-corrected chi connectivity index (χ4v) is 2.50. The zero-order valence-electron chi connectivity index (χ0n) is 11.1. The zero-order valence-corrected chi connectivity index (χ0v) is 11.9. The summed E-state index contributed by atoms with van der Waals surface area (Å²) in [6.45, 7) is 7.22. The number of piperazine rings is 1. The molecule has 2 rings (SSSR count). The molecule has 1 saturated heterocycles. The first kappa shape index (κ1) is 13.4. The lowest BCUT2D eigenvalue weighted by Crippen LogP contribution is -2.57. The van der Waals surface area contributed by atoms with Crippen LogP contribution in [-0.2, 0) is 0 Å².